The first kappa shape index (κ1) is 66.7. The van der Waals surface area contributed by atoms with Crippen molar-refractivity contribution in [3.63, 3.8) is 0 Å². The zero-order valence-electron chi connectivity index (χ0n) is 34.0. The zero-order chi connectivity index (χ0) is 42.9. The fourth-order valence-corrected chi connectivity index (χ4v) is 2.27. The summed E-state index contributed by atoms with van der Waals surface area (Å²) < 4.78 is 23.7. The predicted octanol–water partition coefficient (Wildman–Crippen LogP) is 3.47. The SMILES string of the molecule is C.CC(C)(C)OC(=O)NCCN.CC(C)(C)OC(=O)NCCNC(=O)CCl.CC(C)(C)OC(=O)OC(=O)OC(C)(C)C.Cl.NCCN.NCCNC(=O)CCl. The quantitative estimate of drug-likeness (QED) is 0.0513. The highest BCUT2D eigenvalue weighted by Gasteiger charge is 2.24. The maximum atomic E-state index is 11.1. The van der Waals surface area contributed by atoms with Crippen LogP contribution in [-0.2, 0) is 33.3 Å². The largest absolute Gasteiger partial charge is 0.519 e. The van der Waals surface area contributed by atoms with E-state index in [-0.39, 0.29) is 43.4 Å². The van der Waals surface area contributed by atoms with Crippen molar-refractivity contribution in [2.24, 2.45) is 22.9 Å². The van der Waals surface area contributed by atoms with Gasteiger partial charge in [0.25, 0.3) is 0 Å². The van der Waals surface area contributed by atoms with Crippen molar-refractivity contribution >= 4 is 71.9 Å². The summed E-state index contributed by atoms with van der Waals surface area (Å²) in [4.78, 5) is 64.9. The van der Waals surface area contributed by atoms with Crippen LogP contribution in [0.2, 0.25) is 0 Å². The third-order valence-electron chi connectivity index (χ3n) is 3.75. The highest BCUT2D eigenvalue weighted by Crippen LogP contribution is 2.11. The van der Waals surface area contributed by atoms with E-state index in [1.54, 1.807) is 62.3 Å². The number of carbonyl (C=O) groups excluding carboxylic acids is 6. The summed E-state index contributed by atoms with van der Waals surface area (Å²) in [7, 11) is 0. The minimum Gasteiger partial charge on any atom is -0.444 e. The van der Waals surface area contributed by atoms with Crippen LogP contribution >= 0.6 is 35.6 Å². The Balaban J connectivity index is -0.000000109. The molecule has 0 saturated carbocycles. The van der Waals surface area contributed by atoms with Crippen LogP contribution in [0, 0.1) is 0 Å². The molecule has 0 fully saturated rings. The first-order valence-electron chi connectivity index (χ1n) is 16.6. The average molecular weight is 864 g/mol. The molecule has 0 radical (unpaired) electrons. The number of alkyl carbamates (subject to hydrolysis) is 2. The number of carbonyl (C=O) groups is 6. The summed E-state index contributed by atoms with van der Waals surface area (Å²) in [6.07, 6.45) is -3.03. The molecule has 0 spiro atoms. The van der Waals surface area contributed by atoms with Gasteiger partial charge in [0.05, 0.1) is 0 Å². The Hall–Kier alpha value is -3.07. The van der Waals surface area contributed by atoms with E-state index in [4.69, 9.17) is 65.1 Å². The second-order valence-electron chi connectivity index (χ2n) is 14.0. The Bertz CT molecular complexity index is 991. The molecule has 22 heteroatoms. The molecule has 0 aliphatic carbocycles. The lowest BCUT2D eigenvalue weighted by Gasteiger charge is -2.20. The summed E-state index contributed by atoms with van der Waals surface area (Å²) in [6, 6.07) is 0. The van der Waals surface area contributed by atoms with Gasteiger partial charge in [0.1, 0.15) is 34.2 Å². The first-order valence-corrected chi connectivity index (χ1v) is 17.6. The molecule has 0 aromatic rings. The van der Waals surface area contributed by atoms with Crippen molar-refractivity contribution in [3.05, 3.63) is 0 Å². The van der Waals surface area contributed by atoms with Crippen LogP contribution in [0.4, 0.5) is 19.2 Å². The van der Waals surface area contributed by atoms with Crippen molar-refractivity contribution in [2.75, 3.05) is 64.1 Å². The molecule has 0 rings (SSSR count). The summed E-state index contributed by atoms with van der Waals surface area (Å²) in [5.41, 5.74) is 17.7. The Kier molecular flexibility index (Phi) is 45.9. The minimum absolute atomic E-state index is 0. The summed E-state index contributed by atoms with van der Waals surface area (Å²) in [5, 5.41) is 10.00. The van der Waals surface area contributed by atoms with Gasteiger partial charge in [-0.15, -0.1) is 35.6 Å². The maximum Gasteiger partial charge on any atom is 0.519 e. The van der Waals surface area contributed by atoms with Gasteiger partial charge < -0.3 is 67.9 Å². The molecule has 332 valence electrons. The van der Waals surface area contributed by atoms with E-state index < -0.39 is 46.9 Å². The molecule has 0 aromatic heterocycles. The molecule has 55 heavy (non-hydrogen) atoms. The average Bonchev–Trinajstić information content (AvgIpc) is 2.98. The number of nitrogens with one attached hydrogen (secondary N) is 4. The van der Waals surface area contributed by atoms with Gasteiger partial charge in [-0.1, -0.05) is 7.43 Å². The number of rotatable bonds is 10. The van der Waals surface area contributed by atoms with Crippen LogP contribution < -0.4 is 44.2 Å². The van der Waals surface area contributed by atoms with Gasteiger partial charge >= 0.3 is 24.5 Å². The second kappa shape index (κ2) is 37.8. The number of amides is 4. The van der Waals surface area contributed by atoms with E-state index in [0.717, 1.165) is 0 Å². The zero-order valence-corrected chi connectivity index (χ0v) is 36.4. The molecule has 0 saturated heterocycles. The monoisotopic (exact) mass is 862 g/mol. The van der Waals surface area contributed by atoms with Crippen LogP contribution in [0.5, 0.6) is 0 Å². The molecule has 0 heterocycles. The van der Waals surface area contributed by atoms with Gasteiger partial charge in [0.2, 0.25) is 11.8 Å². The molecule has 12 N–H and O–H groups in total. The van der Waals surface area contributed by atoms with Crippen molar-refractivity contribution in [2.45, 2.75) is 113 Å². The molecule has 0 bridgehead atoms. The lowest BCUT2D eigenvalue weighted by atomic mass is 10.2. The van der Waals surface area contributed by atoms with Crippen LogP contribution in [0.15, 0.2) is 0 Å². The lowest BCUT2D eigenvalue weighted by Crippen LogP contribution is -2.38. The number of alkyl halides is 2. The van der Waals surface area contributed by atoms with Crippen LogP contribution in [-0.4, -0.2) is 123 Å². The van der Waals surface area contributed by atoms with Crippen molar-refractivity contribution in [3.8, 4) is 0 Å². The highest BCUT2D eigenvalue weighted by molar-refractivity contribution is 6.27. The number of nitrogens with two attached hydrogens (primary N) is 4. The molecule has 0 unspecified atom stereocenters. The predicted molar refractivity (Wildman–Crippen MR) is 220 cm³/mol. The summed E-state index contributed by atoms with van der Waals surface area (Å²) >= 11 is 10.4. The second-order valence-corrected chi connectivity index (χ2v) is 14.5. The molecule has 0 aliphatic heterocycles. The Morgan fingerprint density at radius 3 is 0.964 bits per heavy atom. The normalized spacial score (nSPS) is 10.1. The van der Waals surface area contributed by atoms with E-state index in [2.05, 4.69) is 26.0 Å². The lowest BCUT2D eigenvalue weighted by molar-refractivity contribution is -0.119. The first-order chi connectivity index (χ1) is 24.0. The Morgan fingerprint density at radius 2 is 0.709 bits per heavy atom. The van der Waals surface area contributed by atoms with E-state index in [1.165, 1.54) is 0 Å². The molecular weight excluding hydrogens is 791 g/mol. The van der Waals surface area contributed by atoms with Gasteiger partial charge in [-0.2, -0.15) is 0 Å². The fourth-order valence-electron chi connectivity index (χ4n) is 2.08. The highest BCUT2D eigenvalue weighted by atomic mass is 35.5. The molecule has 4 amide bonds. The van der Waals surface area contributed by atoms with E-state index in [0.29, 0.717) is 52.4 Å². The van der Waals surface area contributed by atoms with Crippen molar-refractivity contribution in [1.82, 2.24) is 21.3 Å². The molecule has 0 aromatic carbocycles. The summed E-state index contributed by atoms with van der Waals surface area (Å²) in [5.74, 6) is -0.494. The molecule has 0 atom stereocenters. The number of hydrogen-bond acceptors (Lipinski definition) is 15. The van der Waals surface area contributed by atoms with Gasteiger partial charge in [-0.3, -0.25) is 9.59 Å². The van der Waals surface area contributed by atoms with E-state index >= 15 is 0 Å². The third kappa shape index (κ3) is 72.8. The van der Waals surface area contributed by atoms with Gasteiger partial charge in [0.15, 0.2) is 0 Å². The number of hydrogen-bond donors (Lipinski definition) is 8. The van der Waals surface area contributed by atoms with Crippen molar-refractivity contribution in [1.29, 1.82) is 0 Å². The molecular formula is C33H73Cl3N8O11. The van der Waals surface area contributed by atoms with Crippen LogP contribution in [0.3, 0.4) is 0 Å². The Morgan fingerprint density at radius 1 is 0.455 bits per heavy atom. The van der Waals surface area contributed by atoms with Crippen LogP contribution in [0.25, 0.3) is 0 Å². The van der Waals surface area contributed by atoms with E-state index in [1.807, 2.05) is 20.8 Å². The fraction of sp³-hybridized carbons (Fsp3) is 0.818. The molecule has 19 nitrogen and oxygen atoms in total. The smallest absolute Gasteiger partial charge is 0.444 e. The van der Waals surface area contributed by atoms with Gasteiger partial charge in [-0.25, -0.2) is 19.2 Å². The van der Waals surface area contributed by atoms with E-state index in [9.17, 15) is 28.8 Å². The van der Waals surface area contributed by atoms with Crippen molar-refractivity contribution < 1.29 is 52.5 Å². The van der Waals surface area contributed by atoms with Crippen LogP contribution in [0.1, 0.15) is 90.5 Å². The number of halogens is 3. The minimum atomic E-state index is -1.06. The number of ether oxygens (including phenoxy) is 5. The standard InChI is InChI=1S/C10H18O5.C9H17ClN2O3.C7H16N2O2.C4H9ClN2O.C2H8N2.CH4.ClH/c1-9(2,3)14-7(11)13-8(12)15-10(4,5)6;1-9(2,3)15-8(14)12-5-4-11-7(13)6-10;1-7(2,3)11-6(10)9-5-4-8;5-3-4(8)7-2-1-6;3-1-2-4;;/h1-6H3;4-6H2,1-3H3,(H,11,13)(H,12,14);4-5,8H2,1-3H3,(H,9,10);1-3,6H2,(H,7,8);1-4H2;1H4;1H. The molecule has 0 aliphatic rings. The summed E-state index contributed by atoms with van der Waals surface area (Å²) in [6.45, 7) is 24.5. The third-order valence-corrected chi connectivity index (χ3v) is 4.24. The van der Waals surface area contributed by atoms with Gasteiger partial charge in [-0.05, 0) is 83.1 Å². The Labute approximate surface area is 344 Å². The maximum absolute atomic E-state index is 11.1. The van der Waals surface area contributed by atoms with Gasteiger partial charge in [0, 0.05) is 52.4 Å². The topological polar surface area (TPSA) is 301 Å².